The molecule has 0 saturated heterocycles. The van der Waals surface area contributed by atoms with E-state index in [1.165, 1.54) is 0 Å². The molecule has 62 valence electrons. The molecule has 0 aliphatic carbocycles. The van der Waals surface area contributed by atoms with E-state index in [9.17, 15) is 0 Å². The lowest BCUT2D eigenvalue weighted by Crippen LogP contribution is -2.24. The predicted octanol–water partition coefficient (Wildman–Crippen LogP) is 2.90. The first kappa shape index (κ1) is 9.32. The van der Waals surface area contributed by atoms with Crippen molar-refractivity contribution in [1.29, 1.82) is 0 Å². The lowest BCUT2D eigenvalue weighted by atomic mass is 10.1. The van der Waals surface area contributed by atoms with Gasteiger partial charge in [0.25, 0.3) is 0 Å². The lowest BCUT2D eigenvalue weighted by molar-refractivity contribution is 0.348. The van der Waals surface area contributed by atoms with E-state index < -0.39 is 0 Å². The molecule has 0 unspecified atom stereocenters. The minimum absolute atomic E-state index is 0.0175. The van der Waals surface area contributed by atoms with Crippen LogP contribution in [0.5, 0.6) is 0 Å². The largest absolute Gasteiger partial charge is 0.253 e. The van der Waals surface area contributed by atoms with Gasteiger partial charge < -0.3 is 0 Å². The molecule has 0 radical (unpaired) electrons. The maximum atomic E-state index is 5.84. The van der Waals surface area contributed by atoms with Crippen LogP contribution in [0.25, 0.3) is 0 Å². The summed E-state index contributed by atoms with van der Waals surface area (Å²) < 4.78 is 2.91. The average molecular weight is 285 g/mol. The Morgan fingerprint density at radius 3 is 2.27 bits per heavy atom. The first-order chi connectivity index (χ1) is 4.93. The fourth-order valence-electron chi connectivity index (χ4n) is 0.781. The molecule has 4 heteroatoms. The quantitative estimate of drug-likeness (QED) is 0.670. The Kier molecular flexibility index (Phi) is 2.49. The van der Waals surface area contributed by atoms with E-state index in [1.807, 2.05) is 4.68 Å². The normalized spacial score (nSPS) is 12.1. The van der Waals surface area contributed by atoms with Crippen molar-refractivity contribution in [2.75, 3.05) is 0 Å². The van der Waals surface area contributed by atoms with Crippen molar-refractivity contribution in [2.45, 2.75) is 26.3 Å². The third kappa shape index (κ3) is 1.87. The molecule has 0 aromatic carbocycles. The molecule has 0 N–H and O–H groups in total. The molecule has 0 saturated carbocycles. The van der Waals surface area contributed by atoms with Gasteiger partial charge in [0.15, 0.2) is 0 Å². The second kappa shape index (κ2) is 2.94. The average Bonchev–Trinajstić information content (AvgIpc) is 2.11. The van der Waals surface area contributed by atoms with Crippen molar-refractivity contribution in [1.82, 2.24) is 9.78 Å². The monoisotopic (exact) mass is 284 g/mol. The zero-order chi connectivity index (χ0) is 8.65. The van der Waals surface area contributed by atoms with Gasteiger partial charge in [-0.3, -0.25) is 4.68 Å². The number of aromatic nitrogens is 2. The standard InChI is InChI=1S/C7H10ClIN2/c1-7(2,3)11-6(9)5(8)4-10-11/h4H,1-3H3. The molecule has 0 spiro atoms. The summed E-state index contributed by atoms with van der Waals surface area (Å²) in [5.41, 5.74) is 0.0175. The summed E-state index contributed by atoms with van der Waals surface area (Å²) in [6.45, 7) is 6.29. The van der Waals surface area contributed by atoms with E-state index in [0.29, 0.717) is 0 Å². The van der Waals surface area contributed by atoms with Crippen molar-refractivity contribution in [2.24, 2.45) is 0 Å². The van der Waals surface area contributed by atoms with Gasteiger partial charge in [-0.15, -0.1) is 0 Å². The Balaban J connectivity index is 3.15. The molecule has 0 fully saturated rings. The van der Waals surface area contributed by atoms with Crippen LogP contribution in [-0.2, 0) is 5.54 Å². The summed E-state index contributed by atoms with van der Waals surface area (Å²) in [5, 5.41) is 4.89. The van der Waals surface area contributed by atoms with Crippen LogP contribution in [0.2, 0.25) is 5.02 Å². The molecular weight excluding hydrogens is 274 g/mol. The van der Waals surface area contributed by atoms with Gasteiger partial charge in [-0.05, 0) is 43.4 Å². The van der Waals surface area contributed by atoms with Crippen LogP contribution in [0, 0.1) is 3.70 Å². The van der Waals surface area contributed by atoms with Gasteiger partial charge in [0, 0.05) is 0 Å². The van der Waals surface area contributed by atoms with Gasteiger partial charge in [-0.2, -0.15) is 5.10 Å². The van der Waals surface area contributed by atoms with Crippen molar-refractivity contribution in [3.8, 4) is 0 Å². The summed E-state index contributed by atoms with van der Waals surface area (Å²) in [4.78, 5) is 0. The highest BCUT2D eigenvalue weighted by atomic mass is 127. The summed E-state index contributed by atoms with van der Waals surface area (Å²) in [6, 6.07) is 0. The van der Waals surface area contributed by atoms with Crippen LogP contribution < -0.4 is 0 Å². The molecule has 0 amide bonds. The molecule has 0 aliphatic heterocycles. The van der Waals surface area contributed by atoms with Crippen LogP contribution in [0.15, 0.2) is 6.20 Å². The third-order valence-electron chi connectivity index (χ3n) is 1.30. The van der Waals surface area contributed by atoms with Gasteiger partial charge in [-0.1, -0.05) is 11.6 Å². The van der Waals surface area contributed by atoms with Crippen LogP contribution in [0.1, 0.15) is 20.8 Å². The molecule has 0 bridgehead atoms. The molecule has 1 heterocycles. The van der Waals surface area contributed by atoms with Crippen molar-refractivity contribution in [3.63, 3.8) is 0 Å². The molecule has 1 rings (SSSR count). The molecular formula is C7H10ClIN2. The zero-order valence-electron chi connectivity index (χ0n) is 6.73. The van der Waals surface area contributed by atoms with Crippen LogP contribution in [-0.4, -0.2) is 9.78 Å². The Hall–Kier alpha value is 0.230. The fraction of sp³-hybridized carbons (Fsp3) is 0.571. The molecule has 0 atom stereocenters. The van der Waals surface area contributed by atoms with E-state index in [2.05, 4.69) is 48.5 Å². The summed E-state index contributed by atoms with van der Waals surface area (Å²) in [6.07, 6.45) is 1.68. The highest BCUT2D eigenvalue weighted by molar-refractivity contribution is 14.1. The Labute approximate surface area is 85.1 Å². The van der Waals surface area contributed by atoms with Crippen molar-refractivity contribution in [3.05, 3.63) is 14.9 Å². The first-order valence-electron chi connectivity index (χ1n) is 3.32. The van der Waals surface area contributed by atoms with Gasteiger partial charge in [0.1, 0.15) is 3.70 Å². The van der Waals surface area contributed by atoms with Crippen molar-refractivity contribution >= 4 is 34.2 Å². The van der Waals surface area contributed by atoms with Crippen molar-refractivity contribution < 1.29 is 0 Å². The fourth-order valence-corrected chi connectivity index (χ4v) is 1.89. The van der Waals surface area contributed by atoms with E-state index in [-0.39, 0.29) is 5.54 Å². The smallest absolute Gasteiger partial charge is 0.118 e. The van der Waals surface area contributed by atoms with Gasteiger partial charge in [-0.25, -0.2) is 0 Å². The number of nitrogens with zero attached hydrogens (tertiary/aromatic N) is 2. The Morgan fingerprint density at radius 2 is 2.09 bits per heavy atom. The van der Waals surface area contributed by atoms with E-state index in [4.69, 9.17) is 11.6 Å². The first-order valence-corrected chi connectivity index (χ1v) is 4.78. The summed E-state index contributed by atoms with van der Waals surface area (Å²) in [5.74, 6) is 0. The predicted molar refractivity (Wildman–Crippen MR) is 55.0 cm³/mol. The number of halogens is 2. The minimum atomic E-state index is 0.0175. The molecule has 11 heavy (non-hydrogen) atoms. The van der Waals surface area contributed by atoms with Gasteiger partial charge in [0.05, 0.1) is 16.8 Å². The lowest BCUT2D eigenvalue weighted by Gasteiger charge is -2.20. The molecule has 1 aromatic heterocycles. The van der Waals surface area contributed by atoms with Crippen LogP contribution in [0.3, 0.4) is 0 Å². The number of rotatable bonds is 0. The second-order valence-electron chi connectivity index (χ2n) is 3.37. The maximum Gasteiger partial charge on any atom is 0.118 e. The third-order valence-corrected chi connectivity index (χ3v) is 2.94. The summed E-state index contributed by atoms with van der Waals surface area (Å²) >= 11 is 8.04. The topological polar surface area (TPSA) is 17.8 Å². The Bertz CT molecular complexity index is 262. The highest BCUT2D eigenvalue weighted by Crippen LogP contribution is 2.23. The van der Waals surface area contributed by atoms with E-state index in [1.54, 1.807) is 6.20 Å². The summed E-state index contributed by atoms with van der Waals surface area (Å²) in [7, 11) is 0. The van der Waals surface area contributed by atoms with Gasteiger partial charge >= 0.3 is 0 Å². The maximum absolute atomic E-state index is 5.84. The highest BCUT2D eigenvalue weighted by Gasteiger charge is 2.18. The number of hydrogen-bond donors (Lipinski definition) is 0. The van der Waals surface area contributed by atoms with E-state index in [0.717, 1.165) is 8.72 Å². The van der Waals surface area contributed by atoms with Crippen LogP contribution >= 0.6 is 34.2 Å². The molecule has 2 nitrogen and oxygen atoms in total. The van der Waals surface area contributed by atoms with E-state index >= 15 is 0 Å². The zero-order valence-corrected chi connectivity index (χ0v) is 9.64. The Morgan fingerprint density at radius 1 is 1.55 bits per heavy atom. The molecule has 0 aliphatic rings. The SMILES string of the molecule is CC(C)(C)n1ncc(Cl)c1I. The van der Waals surface area contributed by atoms with Gasteiger partial charge in [0.2, 0.25) is 0 Å². The minimum Gasteiger partial charge on any atom is -0.253 e. The second-order valence-corrected chi connectivity index (χ2v) is 4.79. The number of hydrogen-bond acceptors (Lipinski definition) is 1. The van der Waals surface area contributed by atoms with Crippen LogP contribution in [0.4, 0.5) is 0 Å². The molecule has 1 aromatic rings.